The van der Waals surface area contributed by atoms with Gasteiger partial charge in [-0.2, -0.15) is 0 Å². The van der Waals surface area contributed by atoms with Crippen molar-refractivity contribution < 1.29 is 20.8 Å². The Morgan fingerprint density at radius 1 is 1.06 bits per heavy atom. The summed E-state index contributed by atoms with van der Waals surface area (Å²) in [5.41, 5.74) is 4.03. The maximum atomic E-state index is 12.5. The van der Waals surface area contributed by atoms with Crippen LogP contribution in [0.3, 0.4) is 0 Å². The molecule has 32 heavy (non-hydrogen) atoms. The van der Waals surface area contributed by atoms with Gasteiger partial charge in [0, 0.05) is 45.4 Å². The summed E-state index contributed by atoms with van der Waals surface area (Å²) in [6.07, 6.45) is -0.552. The number of amides is 1. The van der Waals surface area contributed by atoms with Gasteiger partial charge in [0.2, 0.25) is 5.91 Å². The minimum absolute atomic E-state index is 0. The largest absolute Gasteiger partial charge is 0.496 e. The van der Waals surface area contributed by atoms with Crippen molar-refractivity contribution in [1.29, 1.82) is 0 Å². The van der Waals surface area contributed by atoms with Gasteiger partial charge in [0.15, 0.2) is 0 Å². The molecule has 1 saturated heterocycles. The van der Waals surface area contributed by atoms with Crippen LogP contribution in [0.25, 0.3) is 0 Å². The maximum absolute atomic E-state index is 12.5. The van der Waals surface area contributed by atoms with Crippen LogP contribution in [0.1, 0.15) is 18.1 Å². The second kappa shape index (κ2) is 12.0. The number of carbonyl (C=O) groups is 1. The van der Waals surface area contributed by atoms with Gasteiger partial charge in [-0.1, -0.05) is 36.4 Å². The van der Waals surface area contributed by atoms with E-state index in [0.29, 0.717) is 19.7 Å². The molecular formula is C25H37N3O4. The number of piperazine rings is 1. The highest BCUT2D eigenvalue weighted by atomic mass is 16.5. The number of hydrogen-bond acceptors (Lipinski definition) is 6. The number of rotatable bonds is 10. The molecule has 0 spiro atoms. The lowest BCUT2D eigenvalue weighted by Crippen LogP contribution is -2.50. The van der Waals surface area contributed by atoms with E-state index in [4.69, 9.17) is 9.47 Å². The van der Waals surface area contributed by atoms with Crippen LogP contribution < -0.4 is 10.1 Å². The highest BCUT2D eigenvalue weighted by Gasteiger charge is 2.21. The third kappa shape index (κ3) is 7.03. The molecule has 1 heterocycles. The highest BCUT2D eigenvalue weighted by Crippen LogP contribution is 2.20. The Morgan fingerprint density at radius 3 is 2.41 bits per heavy atom. The van der Waals surface area contributed by atoms with Gasteiger partial charge in [-0.15, -0.1) is 0 Å². The fourth-order valence-electron chi connectivity index (χ4n) is 4.00. The predicted molar refractivity (Wildman–Crippen MR) is 128 cm³/mol. The zero-order chi connectivity index (χ0) is 22.9. The van der Waals surface area contributed by atoms with Crippen molar-refractivity contribution in [3.05, 3.63) is 59.2 Å². The first kappa shape index (κ1) is 24.2. The summed E-state index contributed by atoms with van der Waals surface area (Å²) < 4.78 is 11.0. The van der Waals surface area contributed by atoms with Gasteiger partial charge >= 0.3 is 0 Å². The SMILES string of the molecule is COc1ccccc1COCC(O)CN1CCN(CC(=O)Nc2c(C)cccc2C)CC1.[HH]. The Kier molecular flexibility index (Phi) is 9.05. The number of nitrogens with zero attached hydrogens (tertiary/aromatic N) is 2. The summed E-state index contributed by atoms with van der Waals surface area (Å²) in [6, 6.07) is 13.7. The van der Waals surface area contributed by atoms with Gasteiger partial charge in [-0.3, -0.25) is 14.6 Å². The van der Waals surface area contributed by atoms with E-state index >= 15 is 0 Å². The number of aliphatic hydroxyl groups is 1. The van der Waals surface area contributed by atoms with Crippen LogP contribution in [0.2, 0.25) is 0 Å². The number of ether oxygens (including phenoxy) is 2. The smallest absolute Gasteiger partial charge is 0.238 e. The molecule has 1 fully saturated rings. The van der Waals surface area contributed by atoms with Crippen molar-refractivity contribution in [2.75, 3.05) is 58.3 Å². The standard InChI is InChI=1S/C25H35N3O4.H2/c1-19-7-6-8-20(2)25(19)26-24(30)16-28-13-11-27(12-14-28)15-22(29)18-32-17-21-9-4-5-10-23(21)31-3;/h4-10,22,29H,11-18H2,1-3H3,(H,26,30);1H. The number of carbonyl (C=O) groups excluding carboxylic acids is 1. The van der Waals surface area contributed by atoms with Crippen molar-refractivity contribution in [1.82, 2.24) is 9.80 Å². The molecule has 1 atom stereocenters. The van der Waals surface area contributed by atoms with Gasteiger partial charge in [-0.05, 0) is 31.0 Å². The van der Waals surface area contributed by atoms with Crippen molar-refractivity contribution in [3.8, 4) is 5.75 Å². The van der Waals surface area contributed by atoms with Crippen LogP contribution in [0, 0.1) is 13.8 Å². The lowest BCUT2D eigenvalue weighted by atomic mass is 10.1. The number of β-amino-alcohol motifs (C(OH)–C–C–N with tert-alkyl or cyclic N) is 1. The Labute approximate surface area is 192 Å². The minimum Gasteiger partial charge on any atom is -0.496 e. The Morgan fingerprint density at radius 2 is 1.72 bits per heavy atom. The molecule has 0 bridgehead atoms. The number of benzene rings is 2. The zero-order valence-electron chi connectivity index (χ0n) is 19.3. The fourth-order valence-corrected chi connectivity index (χ4v) is 4.00. The van der Waals surface area contributed by atoms with E-state index in [2.05, 4.69) is 15.1 Å². The van der Waals surface area contributed by atoms with Crippen molar-refractivity contribution in [3.63, 3.8) is 0 Å². The molecule has 0 aliphatic carbocycles. The number of anilines is 1. The molecule has 1 amide bonds. The van der Waals surface area contributed by atoms with E-state index in [9.17, 15) is 9.90 Å². The number of para-hydroxylation sites is 2. The van der Waals surface area contributed by atoms with E-state index in [1.807, 2.05) is 56.3 Å². The van der Waals surface area contributed by atoms with Crippen molar-refractivity contribution in [2.45, 2.75) is 26.6 Å². The summed E-state index contributed by atoms with van der Waals surface area (Å²) in [6.45, 7) is 8.88. The van der Waals surface area contributed by atoms with Crippen molar-refractivity contribution >= 4 is 11.6 Å². The number of nitrogens with one attached hydrogen (secondary N) is 1. The van der Waals surface area contributed by atoms with Crippen LogP contribution in [0.15, 0.2) is 42.5 Å². The van der Waals surface area contributed by atoms with Gasteiger partial charge in [-0.25, -0.2) is 0 Å². The number of methoxy groups -OCH3 is 1. The van der Waals surface area contributed by atoms with E-state index < -0.39 is 6.10 Å². The third-order valence-electron chi connectivity index (χ3n) is 5.81. The predicted octanol–water partition coefficient (Wildman–Crippen LogP) is 2.69. The first-order chi connectivity index (χ1) is 15.5. The van der Waals surface area contributed by atoms with E-state index in [1.165, 1.54) is 0 Å². The molecule has 0 saturated carbocycles. The van der Waals surface area contributed by atoms with E-state index in [-0.39, 0.29) is 13.9 Å². The lowest BCUT2D eigenvalue weighted by molar-refractivity contribution is -0.117. The van der Waals surface area contributed by atoms with Gasteiger partial charge in [0.1, 0.15) is 5.75 Å². The van der Waals surface area contributed by atoms with Crippen LogP contribution in [0.5, 0.6) is 5.75 Å². The molecule has 176 valence electrons. The molecule has 7 nitrogen and oxygen atoms in total. The van der Waals surface area contributed by atoms with E-state index in [0.717, 1.165) is 54.3 Å². The minimum atomic E-state index is -0.552. The van der Waals surface area contributed by atoms with Crippen LogP contribution in [0.4, 0.5) is 5.69 Å². The summed E-state index contributed by atoms with van der Waals surface area (Å²) in [5, 5.41) is 13.4. The second-order valence-corrected chi connectivity index (χ2v) is 8.37. The van der Waals surface area contributed by atoms with Crippen LogP contribution in [-0.4, -0.2) is 79.9 Å². The second-order valence-electron chi connectivity index (χ2n) is 8.37. The molecule has 2 N–H and O–H groups in total. The average molecular weight is 444 g/mol. The summed E-state index contributed by atoms with van der Waals surface area (Å²) in [7, 11) is 1.64. The van der Waals surface area contributed by atoms with Crippen LogP contribution >= 0.6 is 0 Å². The topological polar surface area (TPSA) is 74.3 Å². The fraction of sp³-hybridized carbons (Fsp3) is 0.480. The summed E-state index contributed by atoms with van der Waals surface area (Å²) in [4.78, 5) is 16.9. The summed E-state index contributed by atoms with van der Waals surface area (Å²) >= 11 is 0. The molecule has 7 heteroatoms. The summed E-state index contributed by atoms with van der Waals surface area (Å²) in [5.74, 6) is 0.806. The first-order valence-electron chi connectivity index (χ1n) is 11.1. The molecule has 2 aromatic carbocycles. The Hall–Kier alpha value is -2.45. The normalized spacial score (nSPS) is 16.0. The molecule has 2 aromatic rings. The molecular weight excluding hydrogens is 406 g/mol. The highest BCUT2D eigenvalue weighted by molar-refractivity contribution is 5.93. The van der Waals surface area contributed by atoms with Crippen LogP contribution in [-0.2, 0) is 16.1 Å². The average Bonchev–Trinajstić information content (AvgIpc) is 2.78. The molecule has 1 aliphatic heterocycles. The first-order valence-corrected chi connectivity index (χ1v) is 11.1. The molecule has 0 radical (unpaired) electrons. The number of aryl methyl sites for hydroxylation is 2. The number of hydrogen-bond donors (Lipinski definition) is 2. The van der Waals surface area contributed by atoms with E-state index in [1.54, 1.807) is 7.11 Å². The molecule has 1 aliphatic rings. The molecule has 3 rings (SSSR count). The lowest BCUT2D eigenvalue weighted by Gasteiger charge is -2.35. The number of aliphatic hydroxyl groups excluding tert-OH is 1. The molecule has 0 aromatic heterocycles. The van der Waals surface area contributed by atoms with Gasteiger partial charge in [0.25, 0.3) is 0 Å². The van der Waals surface area contributed by atoms with Gasteiger partial charge in [0.05, 0.1) is 33.0 Å². The monoisotopic (exact) mass is 443 g/mol. The quantitative estimate of drug-likeness (QED) is 0.588. The third-order valence-corrected chi connectivity index (χ3v) is 5.81. The van der Waals surface area contributed by atoms with Gasteiger partial charge < -0.3 is 19.9 Å². The zero-order valence-corrected chi connectivity index (χ0v) is 19.3. The molecule has 1 unspecified atom stereocenters. The maximum Gasteiger partial charge on any atom is 0.238 e. The Balaban J connectivity index is 0.00000385. The van der Waals surface area contributed by atoms with Crippen molar-refractivity contribution in [2.24, 2.45) is 0 Å². The Bertz CT molecular complexity index is 867.